The van der Waals surface area contributed by atoms with Crippen LogP contribution in [0.4, 0.5) is 0 Å². The van der Waals surface area contributed by atoms with Crippen molar-refractivity contribution in [2.75, 3.05) is 18.3 Å². The van der Waals surface area contributed by atoms with Crippen molar-refractivity contribution in [2.45, 2.75) is 11.3 Å². The fraction of sp³-hybridized carbons (Fsp3) is 0.200. The Hall–Kier alpha value is -1.73. The fourth-order valence-corrected chi connectivity index (χ4v) is 4.64. The second kappa shape index (κ2) is 5.95. The van der Waals surface area contributed by atoms with Gasteiger partial charge in [0.15, 0.2) is 0 Å². The average molecular weight is 294 g/mol. The van der Waals surface area contributed by atoms with Gasteiger partial charge in [-0.1, -0.05) is 72.8 Å². The van der Waals surface area contributed by atoms with E-state index in [1.165, 1.54) is 27.0 Å². The molecule has 0 amide bonds. The first-order valence-electron chi connectivity index (χ1n) is 7.39. The van der Waals surface area contributed by atoms with Crippen molar-refractivity contribution in [1.29, 1.82) is 0 Å². The largest absolute Gasteiger partial charge is 0.220 e. The summed E-state index contributed by atoms with van der Waals surface area (Å²) in [5.41, 5.74) is 1.48. The zero-order valence-electron chi connectivity index (χ0n) is 12.8. The Bertz CT molecular complexity index is 724. The smallest absolute Gasteiger partial charge is 0.0104 e. The highest BCUT2D eigenvalue weighted by Gasteiger charge is 2.14. The van der Waals surface area contributed by atoms with E-state index >= 15 is 0 Å². The number of aryl methyl sites for hydroxylation is 1. The lowest BCUT2D eigenvalue weighted by Gasteiger charge is -2.32. The van der Waals surface area contributed by atoms with Gasteiger partial charge in [-0.25, -0.2) is 10.0 Å². The second-order valence-electron chi connectivity index (χ2n) is 5.94. The maximum atomic E-state index is 2.42. The molecule has 0 aliphatic rings. The Labute approximate surface area is 129 Å². The number of fused-ring (bicyclic) bond motifs is 1. The van der Waals surface area contributed by atoms with Crippen LogP contribution in [0.15, 0.2) is 77.7 Å². The minimum absolute atomic E-state index is 0.727. The van der Waals surface area contributed by atoms with E-state index in [-0.39, 0.29) is 0 Å². The lowest BCUT2D eigenvalue weighted by Crippen LogP contribution is -2.05. The molecule has 0 aliphatic heterocycles. The number of benzene rings is 3. The third-order valence-electron chi connectivity index (χ3n) is 4.14. The summed E-state index contributed by atoms with van der Waals surface area (Å²) in [4.78, 5) is 1.50. The average Bonchev–Trinajstić information content (AvgIpc) is 2.54. The predicted octanol–water partition coefficient (Wildman–Crippen LogP) is 5.51. The molecule has 0 bridgehead atoms. The van der Waals surface area contributed by atoms with Crippen LogP contribution in [0.3, 0.4) is 0 Å². The Balaban J connectivity index is 1.84. The number of hydrogen-bond acceptors (Lipinski definition) is 0. The molecule has 3 aromatic rings. The van der Waals surface area contributed by atoms with Crippen LogP contribution in [0.5, 0.6) is 0 Å². The molecule has 1 heteroatoms. The van der Waals surface area contributed by atoms with Crippen molar-refractivity contribution in [3.8, 4) is 0 Å². The SMILES string of the molecule is CS(C)(CCc1cccc2ccccc12)c1ccccc1. The van der Waals surface area contributed by atoms with Crippen molar-refractivity contribution in [1.82, 2.24) is 0 Å². The summed E-state index contributed by atoms with van der Waals surface area (Å²) >= 11 is 0. The summed E-state index contributed by atoms with van der Waals surface area (Å²) < 4.78 is 0. The first-order chi connectivity index (χ1) is 10.2. The van der Waals surface area contributed by atoms with Crippen LogP contribution in [0.25, 0.3) is 10.8 Å². The van der Waals surface area contributed by atoms with Crippen LogP contribution in [0.1, 0.15) is 5.56 Å². The number of rotatable bonds is 4. The van der Waals surface area contributed by atoms with Crippen molar-refractivity contribution < 1.29 is 0 Å². The van der Waals surface area contributed by atoms with E-state index in [1.807, 2.05) is 0 Å². The molecular weight excluding hydrogens is 272 g/mol. The third kappa shape index (κ3) is 3.14. The van der Waals surface area contributed by atoms with Gasteiger partial charge in [0.25, 0.3) is 0 Å². The van der Waals surface area contributed by atoms with E-state index in [4.69, 9.17) is 0 Å². The van der Waals surface area contributed by atoms with Crippen molar-refractivity contribution in [3.05, 3.63) is 78.4 Å². The summed E-state index contributed by atoms with van der Waals surface area (Å²) in [6, 6.07) is 26.3. The van der Waals surface area contributed by atoms with Crippen LogP contribution in [-0.4, -0.2) is 18.3 Å². The molecule has 0 N–H and O–H groups in total. The molecule has 0 saturated heterocycles. The van der Waals surface area contributed by atoms with Gasteiger partial charge in [0, 0.05) is 0 Å². The predicted molar refractivity (Wildman–Crippen MR) is 96.7 cm³/mol. The van der Waals surface area contributed by atoms with Gasteiger partial charge in [-0.2, -0.15) is 0 Å². The van der Waals surface area contributed by atoms with Gasteiger partial charge < -0.3 is 0 Å². The molecule has 0 spiro atoms. The van der Waals surface area contributed by atoms with Crippen LogP contribution in [0.2, 0.25) is 0 Å². The Morgan fingerprint density at radius 1 is 0.714 bits per heavy atom. The van der Waals surface area contributed by atoms with Crippen LogP contribution in [-0.2, 0) is 6.42 Å². The van der Waals surface area contributed by atoms with Crippen LogP contribution >= 0.6 is 10.0 Å². The van der Waals surface area contributed by atoms with Crippen molar-refractivity contribution in [2.24, 2.45) is 0 Å². The van der Waals surface area contributed by atoms with Crippen molar-refractivity contribution in [3.63, 3.8) is 0 Å². The zero-order valence-corrected chi connectivity index (χ0v) is 13.6. The molecule has 0 fully saturated rings. The molecule has 0 saturated carbocycles. The molecule has 0 radical (unpaired) electrons. The summed E-state index contributed by atoms with van der Waals surface area (Å²) in [6.07, 6.45) is 6.00. The normalized spacial score (nSPS) is 12.5. The molecule has 108 valence electrons. The van der Waals surface area contributed by atoms with E-state index in [9.17, 15) is 0 Å². The lowest BCUT2D eigenvalue weighted by atomic mass is 10.0. The third-order valence-corrected chi connectivity index (χ3v) is 6.92. The summed E-state index contributed by atoms with van der Waals surface area (Å²) in [7, 11) is -0.727. The van der Waals surface area contributed by atoms with E-state index in [1.54, 1.807) is 0 Å². The first-order valence-corrected chi connectivity index (χ1v) is 10.0. The molecule has 0 atom stereocenters. The van der Waals surface area contributed by atoms with E-state index in [0.717, 1.165) is 6.42 Å². The maximum Gasteiger partial charge on any atom is -0.0104 e. The Morgan fingerprint density at radius 2 is 1.38 bits per heavy atom. The van der Waals surface area contributed by atoms with E-state index < -0.39 is 10.0 Å². The first kappa shape index (κ1) is 14.2. The highest BCUT2D eigenvalue weighted by Crippen LogP contribution is 2.49. The number of hydrogen-bond donors (Lipinski definition) is 0. The summed E-state index contributed by atoms with van der Waals surface area (Å²) in [5.74, 6) is 1.24. The standard InChI is InChI=1S/C20H22S/c1-21(2,19-12-4-3-5-13-19)16-15-18-11-8-10-17-9-6-7-14-20(17)18/h3-14H,15-16H2,1-2H3. The Kier molecular flexibility index (Phi) is 4.03. The highest BCUT2D eigenvalue weighted by atomic mass is 32.3. The molecule has 0 heterocycles. The summed E-state index contributed by atoms with van der Waals surface area (Å²) in [5, 5.41) is 2.76. The highest BCUT2D eigenvalue weighted by molar-refractivity contribution is 8.32. The minimum Gasteiger partial charge on any atom is -0.220 e. The molecule has 0 unspecified atom stereocenters. The van der Waals surface area contributed by atoms with Gasteiger partial charge in [0.1, 0.15) is 0 Å². The molecule has 3 rings (SSSR count). The molecular formula is C20H22S. The summed E-state index contributed by atoms with van der Waals surface area (Å²) in [6.45, 7) is 0. The van der Waals surface area contributed by atoms with Gasteiger partial charge in [-0.15, -0.1) is 0 Å². The van der Waals surface area contributed by atoms with Gasteiger partial charge >= 0.3 is 0 Å². The van der Waals surface area contributed by atoms with Crippen LogP contribution < -0.4 is 0 Å². The fourth-order valence-electron chi connectivity index (χ4n) is 2.78. The second-order valence-corrected chi connectivity index (χ2v) is 9.90. The molecule has 3 aromatic carbocycles. The molecule has 0 aliphatic carbocycles. The topological polar surface area (TPSA) is 0 Å². The molecule has 21 heavy (non-hydrogen) atoms. The lowest BCUT2D eigenvalue weighted by molar-refractivity contribution is 1.16. The maximum absolute atomic E-state index is 2.42. The molecule has 0 aromatic heterocycles. The van der Waals surface area contributed by atoms with Gasteiger partial charge in [0.05, 0.1) is 0 Å². The quantitative estimate of drug-likeness (QED) is 0.595. The zero-order chi connectivity index (χ0) is 14.7. The monoisotopic (exact) mass is 294 g/mol. The van der Waals surface area contributed by atoms with Gasteiger partial charge in [0.2, 0.25) is 0 Å². The van der Waals surface area contributed by atoms with E-state index in [2.05, 4.69) is 85.3 Å². The van der Waals surface area contributed by atoms with Gasteiger partial charge in [-0.05, 0) is 45.9 Å². The van der Waals surface area contributed by atoms with Crippen LogP contribution in [0, 0.1) is 0 Å². The van der Waals surface area contributed by atoms with Crippen molar-refractivity contribution >= 4 is 20.8 Å². The minimum atomic E-state index is -0.727. The molecule has 0 nitrogen and oxygen atoms in total. The van der Waals surface area contributed by atoms with Gasteiger partial charge in [-0.3, -0.25) is 0 Å². The van der Waals surface area contributed by atoms with E-state index in [0.29, 0.717) is 0 Å². The Morgan fingerprint density at radius 3 is 2.19 bits per heavy atom.